The van der Waals surface area contributed by atoms with Gasteiger partial charge >= 0.3 is 0 Å². The Morgan fingerprint density at radius 1 is 1.41 bits per heavy atom. The van der Waals surface area contributed by atoms with Crippen molar-refractivity contribution in [2.24, 2.45) is 0 Å². The van der Waals surface area contributed by atoms with E-state index in [9.17, 15) is 0 Å². The summed E-state index contributed by atoms with van der Waals surface area (Å²) >= 11 is 1.66. The first-order valence-corrected chi connectivity index (χ1v) is 6.17. The third-order valence-corrected chi connectivity index (χ3v) is 3.63. The van der Waals surface area contributed by atoms with Gasteiger partial charge in [0.05, 0.1) is 23.0 Å². The summed E-state index contributed by atoms with van der Waals surface area (Å²) in [6.45, 7) is 2.69. The molecule has 0 fully saturated rings. The molecule has 0 radical (unpaired) electrons. The Labute approximate surface area is 102 Å². The Morgan fingerprint density at radius 2 is 2.35 bits per heavy atom. The maximum Gasteiger partial charge on any atom is 0.147 e. The second-order valence-corrected chi connectivity index (χ2v) is 4.63. The first-order valence-electron chi connectivity index (χ1n) is 5.29. The summed E-state index contributed by atoms with van der Waals surface area (Å²) in [5.41, 5.74) is 2.21. The standard InChI is InChI=1S/C12H11N3OS/c1-8-6-17-11-10(8)14-7-15-12(11)13-5-9-3-2-4-16-9/h2-4,6-7H,5H2,1H3,(H,13,14,15). The molecular formula is C12H11N3OS. The van der Waals surface area contributed by atoms with Gasteiger partial charge in [0.2, 0.25) is 0 Å². The maximum absolute atomic E-state index is 5.27. The highest BCUT2D eigenvalue weighted by Crippen LogP contribution is 2.28. The molecule has 0 saturated heterocycles. The van der Waals surface area contributed by atoms with E-state index < -0.39 is 0 Å². The van der Waals surface area contributed by atoms with Crippen LogP contribution >= 0.6 is 11.3 Å². The number of rotatable bonds is 3. The molecule has 86 valence electrons. The number of nitrogens with zero attached hydrogens (tertiary/aromatic N) is 2. The summed E-state index contributed by atoms with van der Waals surface area (Å²) in [5, 5.41) is 5.36. The molecule has 3 rings (SSSR count). The number of thiophene rings is 1. The maximum atomic E-state index is 5.27. The minimum atomic E-state index is 0.635. The molecule has 0 amide bonds. The lowest BCUT2D eigenvalue weighted by atomic mass is 10.3. The number of aryl methyl sites for hydroxylation is 1. The molecule has 0 aliphatic carbocycles. The van der Waals surface area contributed by atoms with Gasteiger partial charge in [-0.15, -0.1) is 11.3 Å². The number of furan rings is 1. The number of anilines is 1. The monoisotopic (exact) mass is 245 g/mol. The van der Waals surface area contributed by atoms with E-state index in [1.807, 2.05) is 12.1 Å². The number of aromatic nitrogens is 2. The van der Waals surface area contributed by atoms with Crippen molar-refractivity contribution in [2.75, 3.05) is 5.32 Å². The molecule has 3 heterocycles. The molecule has 0 spiro atoms. The quantitative estimate of drug-likeness (QED) is 0.769. The Kier molecular flexibility index (Phi) is 2.53. The minimum absolute atomic E-state index is 0.635. The zero-order chi connectivity index (χ0) is 11.7. The van der Waals surface area contributed by atoms with Crippen LogP contribution in [-0.4, -0.2) is 9.97 Å². The molecule has 5 heteroatoms. The number of fused-ring (bicyclic) bond motifs is 1. The lowest BCUT2D eigenvalue weighted by Crippen LogP contribution is -2.00. The summed E-state index contributed by atoms with van der Waals surface area (Å²) < 4.78 is 6.36. The molecule has 3 aromatic rings. The molecule has 0 aliphatic heterocycles. The van der Waals surface area contributed by atoms with Crippen molar-refractivity contribution >= 4 is 27.4 Å². The molecule has 0 atom stereocenters. The predicted octanol–water partition coefficient (Wildman–Crippen LogP) is 3.20. The SMILES string of the molecule is Cc1csc2c(NCc3ccco3)ncnc12. The fraction of sp³-hybridized carbons (Fsp3) is 0.167. The molecule has 3 aromatic heterocycles. The van der Waals surface area contributed by atoms with E-state index in [2.05, 4.69) is 27.6 Å². The van der Waals surface area contributed by atoms with Crippen LogP contribution in [0.4, 0.5) is 5.82 Å². The van der Waals surface area contributed by atoms with Crippen molar-refractivity contribution in [1.29, 1.82) is 0 Å². The van der Waals surface area contributed by atoms with E-state index in [1.165, 1.54) is 5.56 Å². The van der Waals surface area contributed by atoms with Crippen LogP contribution in [0, 0.1) is 6.92 Å². The summed E-state index contributed by atoms with van der Waals surface area (Å²) in [5.74, 6) is 1.76. The Hall–Kier alpha value is -1.88. The Balaban J connectivity index is 1.90. The van der Waals surface area contributed by atoms with E-state index in [0.717, 1.165) is 21.8 Å². The topological polar surface area (TPSA) is 51.0 Å². The van der Waals surface area contributed by atoms with E-state index in [0.29, 0.717) is 6.54 Å². The van der Waals surface area contributed by atoms with Crippen LogP contribution in [-0.2, 0) is 6.54 Å². The average Bonchev–Trinajstić information content (AvgIpc) is 2.97. The van der Waals surface area contributed by atoms with E-state index in [1.54, 1.807) is 23.9 Å². The third kappa shape index (κ3) is 1.89. The van der Waals surface area contributed by atoms with Crippen molar-refractivity contribution in [3.8, 4) is 0 Å². The van der Waals surface area contributed by atoms with Gasteiger partial charge < -0.3 is 9.73 Å². The number of nitrogens with one attached hydrogen (secondary N) is 1. The van der Waals surface area contributed by atoms with Crippen molar-refractivity contribution in [3.63, 3.8) is 0 Å². The first kappa shape index (κ1) is 10.3. The molecule has 17 heavy (non-hydrogen) atoms. The van der Waals surface area contributed by atoms with Gasteiger partial charge in [-0.3, -0.25) is 0 Å². The molecular weight excluding hydrogens is 234 g/mol. The van der Waals surface area contributed by atoms with Crippen molar-refractivity contribution in [1.82, 2.24) is 9.97 Å². The third-order valence-electron chi connectivity index (χ3n) is 2.54. The zero-order valence-electron chi connectivity index (χ0n) is 9.30. The predicted molar refractivity (Wildman–Crippen MR) is 68.2 cm³/mol. The van der Waals surface area contributed by atoms with Crippen LogP contribution in [0.3, 0.4) is 0 Å². The van der Waals surface area contributed by atoms with Gasteiger partial charge in [-0.1, -0.05) is 0 Å². The molecule has 0 aliphatic rings. The molecule has 0 unspecified atom stereocenters. The van der Waals surface area contributed by atoms with E-state index >= 15 is 0 Å². The largest absolute Gasteiger partial charge is 0.467 e. The van der Waals surface area contributed by atoms with E-state index in [-0.39, 0.29) is 0 Å². The van der Waals surface area contributed by atoms with Gasteiger partial charge in [-0.2, -0.15) is 0 Å². The highest BCUT2D eigenvalue weighted by Gasteiger charge is 2.07. The number of hydrogen-bond donors (Lipinski definition) is 1. The normalized spacial score (nSPS) is 10.9. The van der Waals surface area contributed by atoms with Gasteiger partial charge in [-0.05, 0) is 30.0 Å². The highest BCUT2D eigenvalue weighted by atomic mass is 32.1. The van der Waals surface area contributed by atoms with E-state index in [4.69, 9.17) is 4.42 Å². The molecule has 0 aromatic carbocycles. The minimum Gasteiger partial charge on any atom is -0.467 e. The summed E-state index contributed by atoms with van der Waals surface area (Å²) in [6, 6.07) is 3.81. The van der Waals surface area contributed by atoms with Crippen molar-refractivity contribution in [2.45, 2.75) is 13.5 Å². The van der Waals surface area contributed by atoms with Crippen LogP contribution < -0.4 is 5.32 Å². The van der Waals surface area contributed by atoms with Gasteiger partial charge in [0, 0.05) is 0 Å². The van der Waals surface area contributed by atoms with Crippen LogP contribution in [0.15, 0.2) is 34.5 Å². The molecule has 1 N–H and O–H groups in total. The fourth-order valence-electron chi connectivity index (χ4n) is 1.68. The van der Waals surface area contributed by atoms with Gasteiger partial charge in [-0.25, -0.2) is 9.97 Å². The van der Waals surface area contributed by atoms with Crippen LogP contribution in [0.25, 0.3) is 10.2 Å². The second kappa shape index (κ2) is 4.18. The zero-order valence-corrected chi connectivity index (χ0v) is 10.1. The lowest BCUT2D eigenvalue weighted by Gasteiger charge is -2.03. The van der Waals surface area contributed by atoms with Gasteiger partial charge in [0.1, 0.15) is 17.9 Å². The smallest absolute Gasteiger partial charge is 0.147 e. The van der Waals surface area contributed by atoms with Gasteiger partial charge in [0.15, 0.2) is 0 Å². The fourth-order valence-corrected chi connectivity index (χ4v) is 2.65. The first-order chi connectivity index (χ1) is 8.34. The average molecular weight is 245 g/mol. The molecule has 0 bridgehead atoms. The van der Waals surface area contributed by atoms with Crippen LogP contribution in [0.2, 0.25) is 0 Å². The van der Waals surface area contributed by atoms with Crippen molar-refractivity contribution in [3.05, 3.63) is 41.4 Å². The lowest BCUT2D eigenvalue weighted by molar-refractivity contribution is 0.518. The summed E-state index contributed by atoms with van der Waals surface area (Å²) in [6.07, 6.45) is 3.26. The van der Waals surface area contributed by atoms with Crippen LogP contribution in [0.1, 0.15) is 11.3 Å². The highest BCUT2D eigenvalue weighted by molar-refractivity contribution is 7.17. The summed E-state index contributed by atoms with van der Waals surface area (Å²) in [4.78, 5) is 8.55. The van der Waals surface area contributed by atoms with Gasteiger partial charge in [0.25, 0.3) is 0 Å². The van der Waals surface area contributed by atoms with Crippen LogP contribution in [0.5, 0.6) is 0 Å². The molecule has 0 saturated carbocycles. The second-order valence-electron chi connectivity index (χ2n) is 3.75. The van der Waals surface area contributed by atoms with Crippen molar-refractivity contribution < 1.29 is 4.42 Å². The Bertz CT molecular complexity index is 630. The molecule has 4 nitrogen and oxygen atoms in total. The Morgan fingerprint density at radius 3 is 3.18 bits per heavy atom. The summed E-state index contributed by atoms with van der Waals surface area (Å²) in [7, 11) is 0. The number of hydrogen-bond acceptors (Lipinski definition) is 5.